The molecule has 0 radical (unpaired) electrons. The van der Waals surface area contributed by atoms with E-state index in [0.29, 0.717) is 29.4 Å². The molecule has 45 heavy (non-hydrogen) atoms. The van der Waals surface area contributed by atoms with E-state index in [1.165, 1.54) is 32.4 Å². The number of hydrogen-bond acceptors (Lipinski definition) is 5. The van der Waals surface area contributed by atoms with E-state index in [-0.39, 0.29) is 50.8 Å². The summed E-state index contributed by atoms with van der Waals surface area (Å²) in [6, 6.07) is 5.02. The maximum absolute atomic E-state index is 13.1. The Bertz CT molecular complexity index is 1390. The lowest BCUT2D eigenvalue weighted by atomic mass is 9.31. The summed E-state index contributed by atoms with van der Waals surface area (Å²) in [5.74, 6) is 2.31. The maximum atomic E-state index is 13.1. The number of phenolic OH excluding ortho intramolecular Hbond substituents is 1. The standard InChI is InChI=1S/C40H58O5/c1-25-14-18-36(5)22-23-39(8)38(7)20-15-30-35(3,4)32(45-33(42)13-11-27-10-12-28(41)29(24-27)44-9)17-19-37(30,6)31(38)16-21-40(39,43)34(36)26(25)2/h10-13,16,21,24-26,30-32,34,41,43H,14-15,17-20,22-23H2,1-9H3. The molecule has 0 spiro atoms. The molecular formula is C40H58O5. The van der Waals surface area contributed by atoms with Gasteiger partial charge in [0.15, 0.2) is 11.5 Å². The number of esters is 1. The van der Waals surface area contributed by atoms with E-state index < -0.39 is 5.60 Å². The van der Waals surface area contributed by atoms with Crippen LogP contribution in [0.2, 0.25) is 0 Å². The van der Waals surface area contributed by atoms with Crippen LogP contribution in [0.25, 0.3) is 6.08 Å². The van der Waals surface area contributed by atoms with Crippen LogP contribution in [0.5, 0.6) is 11.5 Å². The molecule has 5 aliphatic carbocycles. The number of hydrogen-bond donors (Lipinski definition) is 2. The highest BCUT2D eigenvalue weighted by Crippen LogP contribution is 2.76. The summed E-state index contributed by atoms with van der Waals surface area (Å²) < 4.78 is 11.4. The molecule has 0 amide bonds. The summed E-state index contributed by atoms with van der Waals surface area (Å²) in [5, 5.41) is 22.9. The lowest BCUT2D eigenvalue weighted by molar-refractivity contribution is -0.275. The van der Waals surface area contributed by atoms with Crippen LogP contribution in [0.1, 0.15) is 112 Å². The first-order valence-electron chi connectivity index (χ1n) is 17.6. The first-order valence-corrected chi connectivity index (χ1v) is 17.6. The van der Waals surface area contributed by atoms with Gasteiger partial charge in [-0.05, 0) is 115 Å². The predicted octanol–water partition coefficient (Wildman–Crippen LogP) is 8.97. The van der Waals surface area contributed by atoms with Gasteiger partial charge < -0.3 is 19.7 Å². The number of aromatic hydroxyl groups is 1. The molecule has 6 rings (SSSR count). The summed E-state index contributed by atoms with van der Waals surface area (Å²) in [4.78, 5) is 13.1. The Hall–Kier alpha value is -2.27. The van der Waals surface area contributed by atoms with Crippen molar-refractivity contribution in [3.8, 4) is 11.5 Å². The molecule has 4 fully saturated rings. The van der Waals surface area contributed by atoms with Gasteiger partial charge in [0.1, 0.15) is 6.10 Å². The summed E-state index contributed by atoms with van der Waals surface area (Å²) in [7, 11) is 1.51. The fourth-order valence-corrected chi connectivity index (χ4v) is 12.4. The second-order valence-corrected chi connectivity index (χ2v) is 17.6. The SMILES string of the molecule is COc1cc(C=CC(=O)OC2CCC3(C)C(CCC4(C)C3C=CC3(O)C5C(C)C(C)CCC5(C)CCC34C)C2(C)C)ccc1O. The number of benzene rings is 1. The van der Waals surface area contributed by atoms with Crippen LogP contribution < -0.4 is 4.74 Å². The minimum absolute atomic E-state index is 0.00299. The monoisotopic (exact) mass is 618 g/mol. The van der Waals surface area contributed by atoms with Gasteiger partial charge in [-0.15, -0.1) is 0 Å². The van der Waals surface area contributed by atoms with Crippen LogP contribution in [0.4, 0.5) is 0 Å². The lowest BCUT2D eigenvalue weighted by Gasteiger charge is -2.74. The third-order valence-electron chi connectivity index (χ3n) is 15.4. The van der Waals surface area contributed by atoms with Crippen molar-refractivity contribution in [1.82, 2.24) is 0 Å². The normalized spacial score (nSPS) is 46.8. The third-order valence-corrected chi connectivity index (χ3v) is 15.4. The average molecular weight is 619 g/mol. The summed E-state index contributed by atoms with van der Waals surface area (Å²) >= 11 is 0. The van der Waals surface area contributed by atoms with E-state index in [9.17, 15) is 15.0 Å². The molecule has 11 atom stereocenters. The first kappa shape index (κ1) is 32.7. The fourth-order valence-electron chi connectivity index (χ4n) is 12.4. The Labute approximate surface area is 271 Å². The van der Waals surface area contributed by atoms with Crippen molar-refractivity contribution in [2.75, 3.05) is 7.11 Å². The number of phenols is 1. The number of ether oxygens (including phenoxy) is 2. The Morgan fingerprint density at radius 1 is 0.956 bits per heavy atom. The molecule has 4 saturated carbocycles. The zero-order chi connectivity index (χ0) is 32.8. The van der Waals surface area contributed by atoms with Crippen molar-refractivity contribution >= 4 is 12.0 Å². The molecule has 0 bridgehead atoms. The Morgan fingerprint density at radius 2 is 1.69 bits per heavy atom. The van der Waals surface area contributed by atoms with Gasteiger partial charge >= 0.3 is 5.97 Å². The number of methoxy groups -OCH3 is 1. The van der Waals surface area contributed by atoms with Crippen molar-refractivity contribution < 1.29 is 24.5 Å². The van der Waals surface area contributed by atoms with E-state index in [2.05, 4.69) is 67.5 Å². The third kappa shape index (κ3) is 4.52. The van der Waals surface area contributed by atoms with Gasteiger partial charge in [-0.1, -0.05) is 73.6 Å². The number of aliphatic hydroxyl groups is 1. The van der Waals surface area contributed by atoms with E-state index in [0.717, 1.165) is 37.7 Å². The molecule has 1 aromatic rings. The highest BCUT2D eigenvalue weighted by molar-refractivity contribution is 5.87. The minimum atomic E-state index is -0.793. The molecule has 0 heterocycles. The number of fused-ring (bicyclic) bond motifs is 7. The molecule has 248 valence electrons. The van der Waals surface area contributed by atoms with Crippen LogP contribution >= 0.6 is 0 Å². The summed E-state index contributed by atoms with van der Waals surface area (Å²) in [6.07, 6.45) is 16.6. The largest absolute Gasteiger partial charge is 0.504 e. The second kappa shape index (κ2) is 10.6. The smallest absolute Gasteiger partial charge is 0.331 e. The Kier molecular flexibility index (Phi) is 7.71. The fraction of sp³-hybridized carbons (Fsp3) is 0.725. The van der Waals surface area contributed by atoms with Gasteiger partial charge in [0.2, 0.25) is 0 Å². The zero-order valence-corrected chi connectivity index (χ0v) is 29.3. The van der Waals surface area contributed by atoms with Crippen LogP contribution in [-0.4, -0.2) is 35.0 Å². The molecule has 5 nitrogen and oxygen atoms in total. The molecule has 0 aliphatic heterocycles. The van der Waals surface area contributed by atoms with Crippen molar-refractivity contribution in [1.29, 1.82) is 0 Å². The number of rotatable bonds is 4. The summed E-state index contributed by atoms with van der Waals surface area (Å²) in [5.41, 5.74) is -0.137. The average Bonchev–Trinajstić information content (AvgIpc) is 2.97. The first-order chi connectivity index (χ1) is 21.0. The van der Waals surface area contributed by atoms with E-state index in [4.69, 9.17) is 9.47 Å². The topological polar surface area (TPSA) is 76.0 Å². The number of carbonyl (C=O) groups is 1. The molecule has 0 saturated heterocycles. The summed E-state index contributed by atoms with van der Waals surface area (Å²) in [6.45, 7) is 19.4. The van der Waals surface area contributed by atoms with Gasteiger partial charge in [-0.3, -0.25) is 0 Å². The molecule has 11 unspecified atom stereocenters. The maximum Gasteiger partial charge on any atom is 0.331 e. The zero-order valence-electron chi connectivity index (χ0n) is 29.3. The Morgan fingerprint density at radius 3 is 2.40 bits per heavy atom. The minimum Gasteiger partial charge on any atom is -0.504 e. The van der Waals surface area contributed by atoms with Crippen LogP contribution in [-0.2, 0) is 9.53 Å². The molecular weight excluding hydrogens is 560 g/mol. The lowest BCUT2D eigenvalue weighted by Crippen LogP contribution is -2.72. The van der Waals surface area contributed by atoms with Crippen LogP contribution in [0, 0.1) is 56.7 Å². The second-order valence-electron chi connectivity index (χ2n) is 17.6. The van der Waals surface area contributed by atoms with Gasteiger partial charge in [0.05, 0.1) is 12.7 Å². The van der Waals surface area contributed by atoms with Crippen LogP contribution in [0.3, 0.4) is 0 Å². The van der Waals surface area contributed by atoms with Crippen molar-refractivity contribution in [3.05, 3.63) is 42.0 Å². The quantitative estimate of drug-likeness (QED) is 0.200. The van der Waals surface area contributed by atoms with E-state index in [1.807, 2.05) is 0 Å². The van der Waals surface area contributed by atoms with Crippen molar-refractivity contribution in [2.45, 2.75) is 118 Å². The molecule has 1 aromatic carbocycles. The van der Waals surface area contributed by atoms with Gasteiger partial charge in [0, 0.05) is 22.8 Å². The molecule has 2 N–H and O–H groups in total. The van der Waals surface area contributed by atoms with Crippen molar-refractivity contribution in [3.63, 3.8) is 0 Å². The Balaban J connectivity index is 1.26. The van der Waals surface area contributed by atoms with Gasteiger partial charge in [0.25, 0.3) is 0 Å². The van der Waals surface area contributed by atoms with Crippen LogP contribution in [0.15, 0.2) is 36.4 Å². The molecule has 5 heteroatoms. The highest BCUT2D eigenvalue weighted by atomic mass is 16.5. The predicted molar refractivity (Wildman–Crippen MR) is 180 cm³/mol. The number of allylic oxidation sites excluding steroid dienone is 1. The van der Waals surface area contributed by atoms with E-state index in [1.54, 1.807) is 24.3 Å². The molecule has 0 aromatic heterocycles. The highest BCUT2D eigenvalue weighted by Gasteiger charge is 2.73. The van der Waals surface area contributed by atoms with E-state index >= 15 is 0 Å². The van der Waals surface area contributed by atoms with Crippen molar-refractivity contribution in [2.24, 2.45) is 56.7 Å². The van der Waals surface area contributed by atoms with Gasteiger partial charge in [-0.2, -0.15) is 0 Å². The molecule has 5 aliphatic rings. The van der Waals surface area contributed by atoms with Gasteiger partial charge in [-0.25, -0.2) is 4.79 Å². The number of carbonyl (C=O) groups excluding carboxylic acids is 1.